The van der Waals surface area contributed by atoms with Crippen LogP contribution in [0.2, 0.25) is 0 Å². The van der Waals surface area contributed by atoms with Gasteiger partial charge in [-0.05, 0) is 13.0 Å². The predicted molar refractivity (Wildman–Crippen MR) is 67.0 cm³/mol. The summed E-state index contributed by atoms with van der Waals surface area (Å²) in [7, 11) is 1.50. The smallest absolute Gasteiger partial charge is 0.222 e. The maximum absolute atomic E-state index is 10.1. The molecule has 0 aliphatic carbocycles. The van der Waals surface area contributed by atoms with E-state index < -0.39 is 0 Å². The number of anilines is 1. The molecule has 0 unspecified atom stereocenters. The summed E-state index contributed by atoms with van der Waals surface area (Å²) in [6.07, 6.45) is 0. The summed E-state index contributed by atoms with van der Waals surface area (Å²) in [5.74, 6) is 0.604. The van der Waals surface area contributed by atoms with E-state index >= 15 is 0 Å². The van der Waals surface area contributed by atoms with Crippen molar-refractivity contribution in [2.24, 2.45) is 0 Å². The molecule has 1 aromatic heterocycles. The van der Waals surface area contributed by atoms with E-state index in [0.717, 1.165) is 10.0 Å². The summed E-state index contributed by atoms with van der Waals surface area (Å²) in [6, 6.07) is 3.28. The van der Waals surface area contributed by atoms with E-state index in [2.05, 4.69) is 21.1 Å². The highest BCUT2D eigenvalue weighted by Crippen LogP contribution is 2.42. The maximum Gasteiger partial charge on any atom is 0.222 e. The fourth-order valence-electron chi connectivity index (χ4n) is 1.57. The van der Waals surface area contributed by atoms with Crippen LogP contribution in [0, 0.1) is 6.92 Å². The number of nitrogens with two attached hydrogens (primary N) is 1. The van der Waals surface area contributed by atoms with Gasteiger partial charge in [-0.25, -0.2) is 0 Å². The average molecular weight is 299 g/mol. The molecule has 2 rings (SSSR count). The van der Waals surface area contributed by atoms with Crippen LogP contribution in [0.5, 0.6) is 11.5 Å². The Labute approximate surface area is 106 Å². The normalized spacial score (nSPS) is 10.5. The number of nitrogen functional groups attached to an aromatic ring is 1. The number of halogens is 1. The second-order valence-electron chi connectivity index (χ2n) is 3.53. The van der Waals surface area contributed by atoms with Crippen molar-refractivity contribution >= 4 is 21.8 Å². The van der Waals surface area contributed by atoms with Gasteiger partial charge in [-0.15, -0.1) is 0 Å². The highest BCUT2D eigenvalue weighted by molar-refractivity contribution is 9.10. The molecule has 0 amide bonds. The summed E-state index contributed by atoms with van der Waals surface area (Å²) in [6.45, 7) is 1.84. The molecular formula is C11H11BrN2O3. The van der Waals surface area contributed by atoms with Gasteiger partial charge in [-0.3, -0.25) is 0 Å². The highest BCUT2D eigenvalue weighted by Gasteiger charge is 2.18. The Bertz CT molecular complexity index is 566. The van der Waals surface area contributed by atoms with E-state index in [4.69, 9.17) is 15.0 Å². The van der Waals surface area contributed by atoms with Crippen LogP contribution < -0.4 is 10.5 Å². The molecule has 0 atom stereocenters. The lowest BCUT2D eigenvalue weighted by Crippen LogP contribution is -1.91. The average Bonchev–Trinajstić information content (AvgIpc) is 2.71. The van der Waals surface area contributed by atoms with Crippen molar-refractivity contribution in [3.63, 3.8) is 0 Å². The van der Waals surface area contributed by atoms with Crippen LogP contribution in [0.4, 0.5) is 5.88 Å². The SMILES string of the molecule is COc1c(C)c(Br)cc(-c2cc(N)on2)c1O. The quantitative estimate of drug-likeness (QED) is 0.891. The second kappa shape index (κ2) is 4.29. The Kier molecular flexibility index (Phi) is 2.97. The van der Waals surface area contributed by atoms with Gasteiger partial charge in [-0.2, -0.15) is 0 Å². The van der Waals surface area contributed by atoms with E-state index in [1.807, 2.05) is 6.92 Å². The van der Waals surface area contributed by atoms with E-state index in [0.29, 0.717) is 17.0 Å². The molecule has 0 aliphatic rings. The number of phenolic OH excluding ortho intramolecular Hbond substituents is 1. The van der Waals surface area contributed by atoms with Crippen LogP contribution in [0.1, 0.15) is 5.56 Å². The predicted octanol–water partition coefficient (Wildman–Crippen LogP) is 2.71. The molecule has 0 aliphatic heterocycles. The zero-order chi connectivity index (χ0) is 12.6. The summed E-state index contributed by atoms with van der Waals surface area (Å²) < 4.78 is 10.7. The maximum atomic E-state index is 10.1. The molecule has 0 bridgehead atoms. The van der Waals surface area contributed by atoms with E-state index in [1.54, 1.807) is 6.07 Å². The lowest BCUT2D eigenvalue weighted by Gasteiger charge is -2.11. The van der Waals surface area contributed by atoms with Crippen molar-refractivity contribution < 1.29 is 14.4 Å². The lowest BCUT2D eigenvalue weighted by molar-refractivity contribution is 0.371. The van der Waals surface area contributed by atoms with Crippen molar-refractivity contribution in [3.8, 4) is 22.8 Å². The molecule has 2 aromatic rings. The van der Waals surface area contributed by atoms with Crippen molar-refractivity contribution in [1.29, 1.82) is 0 Å². The summed E-state index contributed by atoms with van der Waals surface area (Å²) in [5.41, 5.74) is 7.22. The largest absolute Gasteiger partial charge is 0.504 e. The van der Waals surface area contributed by atoms with Crippen molar-refractivity contribution in [1.82, 2.24) is 5.16 Å². The standard InChI is InChI=1S/C11H11BrN2O3/c1-5-7(12)3-6(10(15)11(5)16-2)8-4-9(13)17-14-8/h3-4,15H,13H2,1-2H3. The van der Waals surface area contributed by atoms with Crippen molar-refractivity contribution in [3.05, 3.63) is 22.2 Å². The number of nitrogens with zero attached hydrogens (tertiary/aromatic N) is 1. The van der Waals surface area contributed by atoms with E-state index in [1.165, 1.54) is 13.2 Å². The Morgan fingerprint density at radius 3 is 2.71 bits per heavy atom. The molecule has 3 N–H and O–H groups in total. The topological polar surface area (TPSA) is 81.5 Å². The minimum absolute atomic E-state index is 0.0153. The second-order valence-corrected chi connectivity index (χ2v) is 4.38. The van der Waals surface area contributed by atoms with Gasteiger partial charge in [0.2, 0.25) is 5.88 Å². The number of ether oxygens (including phenoxy) is 1. The summed E-state index contributed by atoms with van der Waals surface area (Å²) >= 11 is 3.40. The minimum atomic E-state index is 0.0153. The third kappa shape index (κ3) is 1.95. The van der Waals surface area contributed by atoms with E-state index in [-0.39, 0.29) is 11.6 Å². The van der Waals surface area contributed by atoms with Gasteiger partial charge in [-0.1, -0.05) is 21.1 Å². The molecule has 90 valence electrons. The van der Waals surface area contributed by atoms with Crippen molar-refractivity contribution in [2.45, 2.75) is 6.92 Å². The molecule has 0 fully saturated rings. The summed E-state index contributed by atoms with van der Waals surface area (Å²) in [5, 5.41) is 13.8. The minimum Gasteiger partial charge on any atom is -0.504 e. The first-order chi connectivity index (χ1) is 8.04. The molecule has 0 spiro atoms. The zero-order valence-corrected chi connectivity index (χ0v) is 10.9. The number of methoxy groups -OCH3 is 1. The monoisotopic (exact) mass is 298 g/mol. The number of aromatic nitrogens is 1. The summed E-state index contributed by atoms with van der Waals surface area (Å²) in [4.78, 5) is 0. The molecule has 0 saturated carbocycles. The Balaban J connectivity index is 2.67. The first-order valence-corrected chi connectivity index (χ1v) is 5.62. The van der Waals surface area contributed by atoms with Crippen molar-refractivity contribution in [2.75, 3.05) is 12.8 Å². The molecule has 1 aromatic carbocycles. The zero-order valence-electron chi connectivity index (χ0n) is 9.32. The van der Waals surface area contributed by atoms with Crippen LogP contribution >= 0.6 is 15.9 Å². The molecule has 6 heteroatoms. The first kappa shape index (κ1) is 11.8. The van der Waals surface area contributed by atoms with Crippen LogP contribution in [-0.2, 0) is 0 Å². The van der Waals surface area contributed by atoms with Crippen LogP contribution in [0.3, 0.4) is 0 Å². The van der Waals surface area contributed by atoms with Gasteiger partial charge in [0.1, 0.15) is 5.69 Å². The number of hydrogen-bond acceptors (Lipinski definition) is 5. The molecule has 0 radical (unpaired) electrons. The molecule has 5 nitrogen and oxygen atoms in total. The van der Waals surface area contributed by atoms with Gasteiger partial charge in [0, 0.05) is 16.1 Å². The van der Waals surface area contributed by atoms with Crippen LogP contribution in [-0.4, -0.2) is 17.4 Å². The van der Waals surface area contributed by atoms with Gasteiger partial charge in [0.15, 0.2) is 11.5 Å². The third-order valence-corrected chi connectivity index (χ3v) is 3.27. The van der Waals surface area contributed by atoms with Crippen LogP contribution in [0.15, 0.2) is 21.1 Å². The van der Waals surface area contributed by atoms with Gasteiger partial charge >= 0.3 is 0 Å². The van der Waals surface area contributed by atoms with Gasteiger partial charge < -0.3 is 20.1 Å². The molecular weight excluding hydrogens is 288 g/mol. The fourth-order valence-corrected chi connectivity index (χ4v) is 1.98. The molecule has 0 saturated heterocycles. The fraction of sp³-hybridized carbons (Fsp3) is 0.182. The number of aromatic hydroxyl groups is 1. The van der Waals surface area contributed by atoms with Gasteiger partial charge in [0.05, 0.1) is 12.7 Å². The lowest BCUT2D eigenvalue weighted by atomic mass is 10.1. The third-order valence-electron chi connectivity index (χ3n) is 2.45. The Morgan fingerprint density at radius 1 is 1.47 bits per heavy atom. The number of benzene rings is 1. The first-order valence-electron chi connectivity index (χ1n) is 4.83. The number of hydrogen-bond donors (Lipinski definition) is 2. The number of rotatable bonds is 2. The van der Waals surface area contributed by atoms with Crippen LogP contribution in [0.25, 0.3) is 11.3 Å². The molecule has 1 heterocycles. The highest BCUT2D eigenvalue weighted by atomic mass is 79.9. The van der Waals surface area contributed by atoms with Gasteiger partial charge in [0.25, 0.3) is 0 Å². The number of phenols is 1. The Hall–Kier alpha value is -1.69. The molecule has 17 heavy (non-hydrogen) atoms. The van der Waals surface area contributed by atoms with E-state index in [9.17, 15) is 5.11 Å². The Morgan fingerprint density at radius 2 is 2.18 bits per heavy atom.